The Morgan fingerprint density at radius 1 is 1.14 bits per heavy atom. The monoisotopic (exact) mass is 339 g/mol. The summed E-state index contributed by atoms with van der Waals surface area (Å²) in [7, 11) is -3.03. The van der Waals surface area contributed by atoms with E-state index in [1.807, 2.05) is 36.0 Å². The molecule has 3 rings (SSSR count). The van der Waals surface area contributed by atoms with Gasteiger partial charge in [-0.1, -0.05) is 25.0 Å². The Morgan fingerprint density at radius 3 is 2.55 bits per heavy atom. The Kier molecular flexibility index (Phi) is 4.78. The van der Waals surface area contributed by atoms with Gasteiger partial charge in [-0.3, -0.25) is 4.79 Å². The van der Waals surface area contributed by atoms with Crippen molar-refractivity contribution in [2.24, 2.45) is 5.92 Å². The molecule has 1 atom stereocenters. The molecule has 1 aliphatic carbocycles. The average Bonchev–Trinajstić information content (AvgIpc) is 3.10. The van der Waals surface area contributed by atoms with Gasteiger partial charge in [0.2, 0.25) is 5.91 Å². The molecule has 4 nitrogen and oxygen atoms in total. The number of para-hydroxylation sites is 1. The van der Waals surface area contributed by atoms with Crippen molar-refractivity contribution in [3.63, 3.8) is 0 Å². The van der Waals surface area contributed by atoms with Crippen molar-refractivity contribution in [1.29, 1.82) is 0 Å². The molecule has 1 amide bonds. The molecule has 2 fully saturated rings. The van der Waals surface area contributed by atoms with Gasteiger partial charge in [-0.15, -0.1) is 11.8 Å². The minimum Gasteiger partial charge on any atom is -0.325 e. The van der Waals surface area contributed by atoms with Crippen LogP contribution in [-0.2, 0) is 14.6 Å². The number of nitrogens with one attached hydrogen (secondary N) is 1. The predicted molar refractivity (Wildman–Crippen MR) is 89.9 cm³/mol. The largest absolute Gasteiger partial charge is 0.325 e. The zero-order chi connectivity index (χ0) is 15.6. The Hall–Kier alpha value is -1.01. The number of carbonyl (C=O) groups is 1. The number of hydrogen-bond donors (Lipinski definition) is 1. The van der Waals surface area contributed by atoms with Crippen molar-refractivity contribution in [3.05, 3.63) is 24.3 Å². The van der Waals surface area contributed by atoms with Crippen LogP contribution < -0.4 is 5.32 Å². The summed E-state index contributed by atoms with van der Waals surface area (Å²) in [6.45, 7) is 0. The Labute approximate surface area is 136 Å². The van der Waals surface area contributed by atoms with E-state index in [2.05, 4.69) is 5.32 Å². The minimum atomic E-state index is -3.03. The van der Waals surface area contributed by atoms with E-state index >= 15 is 0 Å². The Balaban J connectivity index is 1.68. The smallest absolute Gasteiger partial charge is 0.228 e. The fourth-order valence-electron chi connectivity index (χ4n) is 3.10. The summed E-state index contributed by atoms with van der Waals surface area (Å²) in [6.07, 6.45) is 5.46. The van der Waals surface area contributed by atoms with Crippen LogP contribution in [0.2, 0.25) is 0 Å². The molecule has 1 aliphatic heterocycles. The molecule has 0 aromatic heterocycles. The lowest BCUT2D eigenvalue weighted by Crippen LogP contribution is -2.24. The molecular weight excluding hydrogens is 318 g/mol. The third-order valence-electron chi connectivity index (χ3n) is 4.34. The lowest BCUT2D eigenvalue weighted by atomic mass is 10.1. The highest BCUT2D eigenvalue weighted by molar-refractivity contribution is 8.00. The zero-order valence-electron chi connectivity index (χ0n) is 12.5. The van der Waals surface area contributed by atoms with Crippen LogP contribution in [0.1, 0.15) is 32.1 Å². The van der Waals surface area contributed by atoms with Gasteiger partial charge in [-0.05, 0) is 31.4 Å². The second-order valence-corrected chi connectivity index (χ2v) is 9.68. The molecule has 22 heavy (non-hydrogen) atoms. The third-order valence-corrected chi connectivity index (χ3v) is 7.53. The van der Waals surface area contributed by atoms with Gasteiger partial charge in [0.15, 0.2) is 9.84 Å². The van der Waals surface area contributed by atoms with Gasteiger partial charge in [0.1, 0.15) is 0 Å². The van der Waals surface area contributed by atoms with E-state index in [-0.39, 0.29) is 17.4 Å². The van der Waals surface area contributed by atoms with Crippen LogP contribution in [0.5, 0.6) is 0 Å². The number of thioether (sulfide) groups is 1. The second kappa shape index (κ2) is 6.62. The number of sulfone groups is 1. The van der Waals surface area contributed by atoms with E-state index in [0.29, 0.717) is 11.7 Å². The highest BCUT2D eigenvalue weighted by Gasteiger charge is 2.33. The van der Waals surface area contributed by atoms with E-state index in [9.17, 15) is 13.2 Å². The van der Waals surface area contributed by atoms with Crippen LogP contribution in [0.25, 0.3) is 0 Å². The molecule has 120 valence electrons. The molecule has 1 aromatic rings. The van der Waals surface area contributed by atoms with Crippen molar-refractivity contribution in [3.8, 4) is 0 Å². The standard InChI is InChI=1S/C16H21NO3S2/c18-16(12-9-10-22(19,20)11-12)17-14-7-3-4-8-15(14)21-13-5-1-2-6-13/h3-4,7-8,12-13H,1-2,5-6,9-11H2,(H,17,18). The molecule has 0 spiro atoms. The van der Waals surface area contributed by atoms with Gasteiger partial charge < -0.3 is 5.32 Å². The van der Waals surface area contributed by atoms with Gasteiger partial charge in [0.25, 0.3) is 0 Å². The number of benzene rings is 1. The number of hydrogen-bond acceptors (Lipinski definition) is 4. The Morgan fingerprint density at radius 2 is 1.86 bits per heavy atom. The quantitative estimate of drug-likeness (QED) is 0.915. The molecule has 0 bridgehead atoms. The summed E-state index contributed by atoms with van der Waals surface area (Å²) in [5, 5.41) is 3.57. The van der Waals surface area contributed by atoms with Crippen molar-refractivity contribution in [2.45, 2.75) is 42.2 Å². The number of amides is 1. The maximum atomic E-state index is 12.3. The molecule has 0 radical (unpaired) electrons. The molecule has 6 heteroatoms. The van der Waals surface area contributed by atoms with Crippen molar-refractivity contribution >= 4 is 33.2 Å². The highest BCUT2D eigenvalue weighted by Crippen LogP contribution is 2.38. The van der Waals surface area contributed by atoms with Gasteiger partial charge in [0, 0.05) is 10.1 Å². The lowest BCUT2D eigenvalue weighted by Gasteiger charge is -2.15. The highest BCUT2D eigenvalue weighted by atomic mass is 32.2. The maximum absolute atomic E-state index is 12.3. The first kappa shape index (κ1) is 15.9. The van der Waals surface area contributed by atoms with Crippen LogP contribution in [0, 0.1) is 5.92 Å². The number of carbonyl (C=O) groups excluding carboxylic acids is 1. The van der Waals surface area contributed by atoms with E-state index in [1.165, 1.54) is 25.7 Å². The van der Waals surface area contributed by atoms with Crippen LogP contribution >= 0.6 is 11.8 Å². The first-order chi connectivity index (χ1) is 10.5. The van der Waals surface area contributed by atoms with Crippen LogP contribution in [0.4, 0.5) is 5.69 Å². The first-order valence-electron chi connectivity index (χ1n) is 7.80. The predicted octanol–water partition coefficient (Wildman–Crippen LogP) is 3.09. The summed E-state index contributed by atoms with van der Waals surface area (Å²) < 4.78 is 23.0. The molecule has 2 aliphatic rings. The van der Waals surface area contributed by atoms with E-state index < -0.39 is 15.8 Å². The SMILES string of the molecule is O=C(Nc1ccccc1SC1CCCC1)C1CCS(=O)(=O)C1. The summed E-state index contributed by atoms with van der Waals surface area (Å²) in [5.74, 6) is -0.463. The van der Waals surface area contributed by atoms with E-state index in [4.69, 9.17) is 0 Å². The fraction of sp³-hybridized carbons (Fsp3) is 0.562. The Bertz CT molecular complexity index is 651. The summed E-state index contributed by atoms with van der Waals surface area (Å²) in [4.78, 5) is 13.4. The molecular formula is C16H21NO3S2. The average molecular weight is 339 g/mol. The van der Waals surface area contributed by atoms with Crippen molar-refractivity contribution in [2.75, 3.05) is 16.8 Å². The normalized spacial score (nSPS) is 24.5. The molecule has 1 heterocycles. The zero-order valence-corrected chi connectivity index (χ0v) is 14.1. The first-order valence-corrected chi connectivity index (χ1v) is 10.5. The summed E-state index contributed by atoms with van der Waals surface area (Å²) in [5.41, 5.74) is 0.814. The van der Waals surface area contributed by atoms with Crippen LogP contribution in [0.3, 0.4) is 0 Å². The van der Waals surface area contributed by atoms with Gasteiger partial charge in [-0.25, -0.2) is 8.42 Å². The minimum absolute atomic E-state index is 0.0171. The topological polar surface area (TPSA) is 63.2 Å². The van der Waals surface area contributed by atoms with Gasteiger partial charge >= 0.3 is 0 Å². The number of anilines is 1. The molecule has 1 aromatic carbocycles. The molecule has 1 saturated carbocycles. The maximum Gasteiger partial charge on any atom is 0.228 e. The third kappa shape index (κ3) is 3.84. The van der Waals surface area contributed by atoms with Crippen molar-refractivity contribution < 1.29 is 13.2 Å². The molecule has 1 N–H and O–H groups in total. The van der Waals surface area contributed by atoms with Gasteiger partial charge in [-0.2, -0.15) is 0 Å². The summed E-state index contributed by atoms with van der Waals surface area (Å²) in [6, 6.07) is 7.81. The van der Waals surface area contributed by atoms with Crippen molar-refractivity contribution in [1.82, 2.24) is 0 Å². The lowest BCUT2D eigenvalue weighted by molar-refractivity contribution is -0.119. The second-order valence-electron chi connectivity index (χ2n) is 6.11. The molecule has 1 saturated heterocycles. The van der Waals surface area contributed by atoms with E-state index in [0.717, 1.165) is 10.6 Å². The molecule has 1 unspecified atom stereocenters. The fourth-order valence-corrected chi connectivity index (χ4v) is 6.17. The summed E-state index contributed by atoms with van der Waals surface area (Å²) >= 11 is 1.83. The number of rotatable bonds is 4. The van der Waals surface area contributed by atoms with E-state index in [1.54, 1.807) is 0 Å². The van der Waals surface area contributed by atoms with Crippen LogP contribution in [-0.4, -0.2) is 31.1 Å². The van der Waals surface area contributed by atoms with Crippen LogP contribution in [0.15, 0.2) is 29.2 Å². The van der Waals surface area contributed by atoms with Gasteiger partial charge in [0.05, 0.1) is 23.1 Å².